The molecule has 246 valence electrons. The molecule has 1 aromatic heterocycles. The third-order valence-corrected chi connectivity index (χ3v) is 9.53. The van der Waals surface area contributed by atoms with E-state index in [-0.39, 0.29) is 11.8 Å². The van der Waals surface area contributed by atoms with Crippen molar-refractivity contribution in [1.82, 2.24) is 19.4 Å². The Balaban J connectivity index is 1.22. The highest BCUT2D eigenvalue weighted by molar-refractivity contribution is 6.31. The Kier molecular flexibility index (Phi) is 11.6. The Morgan fingerprint density at radius 1 is 1.09 bits per heavy atom. The van der Waals surface area contributed by atoms with Crippen molar-refractivity contribution >= 4 is 34.5 Å². The number of hydrogen-bond donors (Lipinski definition) is 1. The number of piperidine rings is 1. The number of halogens is 1. The number of nitrogens with one attached hydrogen (secondary N) is 1. The third-order valence-electron chi connectivity index (χ3n) is 9.13. The molecule has 1 aliphatic heterocycles. The zero-order chi connectivity index (χ0) is 32.6. The molecule has 2 heterocycles. The molecule has 9 heteroatoms. The summed E-state index contributed by atoms with van der Waals surface area (Å²) in [5.41, 5.74) is 5.97. The van der Waals surface area contributed by atoms with Gasteiger partial charge in [0.05, 0.1) is 30.3 Å². The Bertz CT molecular complexity index is 1610. The molecule has 46 heavy (non-hydrogen) atoms. The van der Waals surface area contributed by atoms with Crippen molar-refractivity contribution in [2.24, 2.45) is 0 Å². The lowest BCUT2D eigenvalue weighted by atomic mass is 9.93. The molecular weight excluding hydrogens is 598 g/mol. The van der Waals surface area contributed by atoms with Crippen LogP contribution in [0, 0.1) is 13.8 Å². The van der Waals surface area contributed by atoms with Gasteiger partial charge in [0.2, 0.25) is 5.95 Å². The maximum absolute atomic E-state index is 13.6. The van der Waals surface area contributed by atoms with Gasteiger partial charge in [-0.25, -0.2) is 4.98 Å². The molecular formula is C37H48ClN5O3. The van der Waals surface area contributed by atoms with Gasteiger partial charge in [-0.1, -0.05) is 47.5 Å². The number of hydrogen-bond acceptors (Lipinski definition) is 6. The van der Waals surface area contributed by atoms with Crippen LogP contribution < -0.4 is 10.1 Å². The number of aryl methyl sites for hydroxylation is 2. The van der Waals surface area contributed by atoms with Gasteiger partial charge in [0.25, 0.3) is 5.91 Å². The average Bonchev–Trinajstić information content (AvgIpc) is 3.41. The quantitative estimate of drug-likeness (QED) is 0.147. The van der Waals surface area contributed by atoms with Gasteiger partial charge in [0, 0.05) is 56.8 Å². The van der Waals surface area contributed by atoms with E-state index < -0.39 is 0 Å². The summed E-state index contributed by atoms with van der Waals surface area (Å²) in [6.45, 7) is 11.7. The first-order valence-corrected chi connectivity index (χ1v) is 16.8. The Morgan fingerprint density at radius 2 is 1.87 bits per heavy atom. The molecule has 0 bridgehead atoms. The van der Waals surface area contributed by atoms with Gasteiger partial charge in [0.1, 0.15) is 5.75 Å². The van der Waals surface area contributed by atoms with Crippen molar-refractivity contribution in [3.05, 3.63) is 87.9 Å². The summed E-state index contributed by atoms with van der Waals surface area (Å²) in [6.07, 6.45) is 3.01. The summed E-state index contributed by atoms with van der Waals surface area (Å²) in [4.78, 5) is 22.9. The summed E-state index contributed by atoms with van der Waals surface area (Å²) < 4.78 is 13.4. The number of benzene rings is 3. The molecule has 1 fully saturated rings. The van der Waals surface area contributed by atoms with Crippen LogP contribution in [0.15, 0.2) is 60.7 Å². The number of anilines is 1. The number of rotatable bonds is 14. The van der Waals surface area contributed by atoms with Gasteiger partial charge in [0.15, 0.2) is 0 Å². The van der Waals surface area contributed by atoms with E-state index in [9.17, 15) is 4.79 Å². The van der Waals surface area contributed by atoms with Crippen LogP contribution in [-0.2, 0) is 11.3 Å². The van der Waals surface area contributed by atoms with Gasteiger partial charge in [-0.2, -0.15) is 0 Å². The van der Waals surface area contributed by atoms with Crippen LogP contribution in [0.4, 0.5) is 5.95 Å². The number of likely N-dealkylation sites (tertiary alicyclic amines) is 1. The van der Waals surface area contributed by atoms with Crippen molar-refractivity contribution in [3.8, 4) is 5.75 Å². The zero-order valence-corrected chi connectivity index (χ0v) is 28.6. The fraction of sp³-hybridized carbons (Fsp3) is 0.459. The number of methoxy groups -OCH3 is 1. The van der Waals surface area contributed by atoms with Gasteiger partial charge >= 0.3 is 0 Å². The van der Waals surface area contributed by atoms with Crippen LogP contribution in [0.3, 0.4) is 0 Å². The van der Waals surface area contributed by atoms with Crippen LogP contribution >= 0.6 is 11.6 Å². The molecule has 1 amide bonds. The molecule has 3 aromatic carbocycles. The van der Waals surface area contributed by atoms with E-state index in [1.54, 1.807) is 7.11 Å². The first-order chi connectivity index (χ1) is 22.3. The second-order valence-electron chi connectivity index (χ2n) is 12.4. The first kappa shape index (κ1) is 33.8. The number of likely N-dealkylation sites (N-methyl/N-ethyl adjacent to an activating group) is 1. The number of para-hydroxylation sites is 2. The van der Waals surface area contributed by atoms with Crippen LogP contribution in [0.1, 0.15) is 59.2 Å². The molecule has 0 spiro atoms. The van der Waals surface area contributed by atoms with Crippen molar-refractivity contribution in [3.63, 3.8) is 0 Å². The topological polar surface area (TPSA) is 71.9 Å². The molecule has 5 rings (SSSR count). The lowest BCUT2D eigenvalue weighted by Gasteiger charge is -2.34. The fourth-order valence-electron chi connectivity index (χ4n) is 6.37. The van der Waals surface area contributed by atoms with Gasteiger partial charge in [-0.3, -0.25) is 4.79 Å². The predicted molar refractivity (Wildman–Crippen MR) is 188 cm³/mol. The summed E-state index contributed by atoms with van der Waals surface area (Å²) >= 11 is 6.59. The van der Waals surface area contributed by atoms with Gasteiger partial charge < -0.3 is 29.2 Å². The zero-order valence-electron chi connectivity index (χ0n) is 27.9. The van der Waals surface area contributed by atoms with E-state index in [2.05, 4.69) is 51.2 Å². The van der Waals surface area contributed by atoms with Crippen LogP contribution in [-0.4, -0.2) is 84.9 Å². The third kappa shape index (κ3) is 8.21. The summed E-state index contributed by atoms with van der Waals surface area (Å²) in [7, 11) is 3.49. The van der Waals surface area contributed by atoms with Crippen LogP contribution in [0.2, 0.25) is 5.02 Å². The van der Waals surface area contributed by atoms with E-state index in [1.165, 1.54) is 0 Å². The highest BCUT2D eigenvalue weighted by Crippen LogP contribution is 2.29. The smallest absolute Gasteiger partial charge is 0.257 e. The Morgan fingerprint density at radius 3 is 2.61 bits per heavy atom. The van der Waals surface area contributed by atoms with Crippen LogP contribution in [0.25, 0.3) is 11.0 Å². The summed E-state index contributed by atoms with van der Waals surface area (Å²) in [6, 6.07) is 20.7. The Labute approximate surface area is 278 Å². The minimum Gasteiger partial charge on any atom is -0.496 e. The lowest BCUT2D eigenvalue weighted by molar-refractivity contribution is 0.0778. The van der Waals surface area contributed by atoms with E-state index in [4.69, 9.17) is 26.1 Å². The SMILES string of the molecule is CCOCCn1c(NC2CCN(CCC(CN(C)C(=O)c3cc(C)ccc3OC)c3ccc(C)c(Cl)c3)CC2)nc2ccccc21. The second-order valence-corrected chi connectivity index (χ2v) is 12.8. The largest absolute Gasteiger partial charge is 0.496 e. The first-order valence-electron chi connectivity index (χ1n) is 16.5. The molecule has 1 aliphatic rings. The van der Waals surface area contributed by atoms with Crippen molar-refractivity contribution in [2.75, 3.05) is 58.9 Å². The van der Waals surface area contributed by atoms with Crippen LogP contribution in [0.5, 0.6) is 5.75 Å². The number of carbonyl (C=O) groups excluding carboxylic acids is 1. The number of ether oxygens (including phenoxy) is 2. The molecule has 1 saturated heterocycles. The van der Waals surface area contributed by atoms with Gasteiger partial charge in [-0.05, 0) is 88.0 Å². The molecule has 1 unspecified atom stereocenters. The number of fused-ring (bicyclic) bond motifs is 1. The number of amides is 1. The minimum absolute atomic E-state index is 0.0390. The standard InChI is InChI=1S/C37H48ClN5O3/c1-6-46-22-21-43-34-10-8-7-9-33(34)40-37(43)39-30-16-19-42(20-17-30)18-15-29(28-13-12-27(3)32(38)24-28)25-41(4)36(44)31-23-26(2)11-14-35(31)45-5/h7-14,23-24,29-30H,6,15-22,25H2,1-5H3,(H,39,40). The molecule has 8 nitrogen and oxygen atoms in total. The molecule has 0 saturated carbocycles. The minimum atomic E-state index is -0.0390. The number of aromatic nitrogens is 2. The van der Waals surface area contributed by atoms with Crippen molar-refractivity contribution < 1.29 is 14.3 Å². The predicted octanol–water partition coefficient (Wildman–Crippen LogP) is 7.17. The van der Waals surface area contributed by atoms with E-state index in [0.29, 0.717) is 37.1 Å². The lowest BCUT2D eigenvalue weighted by Crippen LogP contribution is -2.40. The average molecular weight is 646 g/mol. The van der Waals surface area contributed by atoms with E-state index >= 15 is 0 Å². The molecule has 0 aliphatic carbocycles. The van der Waals surface area contributed by atoms with Gasteiger partial charge in [-0.15, -0.1) is 0 Å². The normalized spacial score (nSPS) is 14.8. The molecule has 4 aromatic rings. The monoisotopic (exact) mass is 645 g/mol. The maximum atomic E-state index is 13.6. The van der Waals surface area contributed by atoms with E-state index in [1.807, 2.05) is 57.0 Å². The second kappa shape index (κ2) is 15.8. The highest BCUT2D eigenvalue weighted by Gasteiger charge is 2.25. The molecule has 1 N–H and O–H groups in total. The molecule has 1 atom stereocenters. The maximum Gasteiger partial charge on any atom is 0.257 e. The van der Waals surface area contributed by atoms with Crippen molar-refractivity contribution in [2.45, 2.75) is 58.5 Å². The fourth-order valence-corrected chi connectivity index (χ4v) is 6.56. The van der Waals surface area contributed by atoms with Crippen molar-refractivity contribution in [1.29, 1.82) is 0 Å². The molecule has 0 radical (unpaired) electrons. The number of nitrogens with zero attached hydrogens (tertiary/aromatic N) is 4. The number of imidazole rings is 1. The summed E-state index contributed by atoms with van der Waals surface area (Å²) in [5.74, 6) is 1.62. The summed E-state index contributed by atoms with van der Waals surface area (Å²) in [5, 5.41) is 4.52. The van der Waals surface area contributed by atoms with E-state index in [0.717, 1.165) is 84.1 Å². The Hall–Kier alpha value is -3.59. The highest BCUT2D eigenvalue weighted by atomic mass is 35.5. The number of carbonyl (C=O) groups is 1.